The van der Waals surface area contributed by atoms with E-state index in [1.54, 1.807) is 6.07 Å². The molecular weight excluding hydrogens is 370 g/mol. The summed E-state index contributed by atoms with van der Waals surface area (Å²) < 4.78 is 12.6. The van der Waals surface area contributed by atoms with Crippen LogP contribution in [0.3, 0.4) is 0 Å². The van der Waals surface area contributed by atoms with E-state index in [9.17, 15) is 14.7 Å². The van der Waals surface area contributed by atoms with Crippen molar-refractivity contribution in [2.24, 2.45) is 5.92 Å². The number of hydrogen-bond acceptors (Lipinski definition) is 6. The van der Waals surface area contributed by atoms with Gasteiger partial charge in [-0.25, -0.2) is 0 Å². The van der Waals surface area contributed by atoms with Crippen molar-refractivity contribution in [3.63, 3.8) is 0 Å². The molecule has 1 spiro atoms. The van der Waals surface area contributed by atoms with E-state index in [1.807, 2.05) is 13.0 Å². The Labute approximate surface area is 170 Å². The number of benzene rings is 1. The average Bonchev–Trinajstić information content (AvgIpc) is 3.45. The second kappa shape index (κ2) is 5.75. The number of piperidine rings is 1. The fourth-order valence-corrected chi connectivity index (χ4v) is 6.72. The summed E-state index contributed by atoms with van der Waals surface area (Å²) in [4.78, 5) is 28.2. The number of ketones is 1. The third-order valence-electron chi connectivity index (χ3n) is 8.10. The molecule has 2 unspecified atom stereocenters. The van der Waals surface area contributed by atoms with Crippen LogP contribution >= 0.6 is 0 Å². The molecule has 154 valence electrons. The van der Waals surface area contributed by atoms with Gasteiger partial charge in [-0.2, -0.15) is 0 Å². The van der Waals surface area contributed by atoms with Gasteiger partial charge in [-0.1, -0.05) is 13.0 Å². The number of esters is 1. The van der Waals surface area contributed by atoms with Crippen molar-refractivity contribution in [1.82, 2.24) is 4.90 Å². The van der Waals surface area contributed by atoms with Crippen LogP contribution in [0.25, 0.3) is 0 Å². The molecule has 0 radical (unpaired) electrons. The quantitative estimate of drug-likeness (QED) is 0.787. The number of hydrogen-bond donors (Lipinski definition) is 1. The van der Waals surface area contributed by atoms with Crippen LogP contribution in [0.4, 0.5) is 0 Å². The van der Waals surface area contributed by atoms with E-state index in [0.29, 0.717) is 31.4 Å². The third kappa shape index (κ3) is 2.11. The molecule has 1 N–H and O–H groups in total. The van der Waals surface area contributed by atoms with Crippen molar-refractivity contribution in [3.8, 4) is 11.5 Å². The van der Waals surface area contributed by atoms with Crippen LogP contribution in [0, 0.1) is 5.92 Å². The fraction of sp³-hybridized carbons (Fsp3) is 0.652. The lowest BCUT2D eigenvalue weighted by Crippen LogP contribution is -2.77. The van der Waals surface area contributed by atoms with Crippen molar-refractivity contribution in [2.75, 3.05) is 13.1 Å². The minimum Gasteiger partial charge on any atom is -0.504 e. The third-order valence-corrected chi connectivity index (χ3v) is 8.10. The number of ether oxygens (including phenoxy) is 2. The summed E-state index contributed by atoms with van der Waals surface area (Å²) in [6.07, 6.45) is 4.55. The predicted octanol–water partition coefficient (Wildman–Crippen LogP) is 2.49. The number of carbonyl (C=O) groups is 2. The van der Waals surface area contributed by atoms with Gasteiger partial charge < -0.3 is 14.6 Å². The molecule has 5 aliphatic rings. The molecule has 3 fully saturated rings. The monoisotopic (exact) mass is 397 g/mol. The number of phenolic OH excluding ortho intramolecular Hbond substituents is 1. The summed E-state index contributed by atoms with van der Waals surface area (Å²) in [5, 5.41) is 10.5. The number of Topliss-reactive ketones (excluding diaryl/α,β-unsaturated/α-hetero) is 1. The zero-order valence-electron chi connectivity index (χ0n) is 16.8. The van der Waals surface area contributed by atoms with Gasteiger partial charge in [0.1, 0.15) is 5.60 Å². The minimum absolute atomic E-state index is 0.0505. The molecule has 1 saturated heterocycles. The molecular formula is C23H27NO5. The number of phenols is 1. The highest BCUT2D eigenvalue weighted by molar-refractivity contribution is 5.90. The summed E-state index contributed by atoms with van der Waals surface area (Å²) in [7, 11) is 0. The molecule has 6 heteroatoms. The predicted molar refractivity (Wildman–Crippen MR) is 104 cm³/mol. The van der Waals surface area contributed by atoms with Gasteiger partial charge in [-0.05, 0) is 56.2 Å². The van der Waals surface area contributed by atoms with Crippen molar-refractivity contribution in [3.05, 3.63) is 23.3 Å². The van der Waals surface area contributed by atoms with E-state index in [4.69, 9.17) is 9.47 Å². The smallest absolute Gasteiger partial charge is 0.306 e. The number of likely N-dealkylation sites (tertiary alicyclic amines) is 1. The summed E-state index contributed by atoms with van der Waals surface area (Å²) in [6.45, 7) is 3.72. The first kappa shape index (κ1) is 17.8. The highest BCUT2D eigenvalue weighted by Crippen LogP contribution is 2.66. The Balaban J connectivity index is 1.59. The first-order valence-corrected chi connectivity index (χ1v) is 11.0. The molecule has 29 heavy (non-hydrogen) atoms. The normalized spacial score (nSPS) is 37.1. The van der Waals surface area contributed by atoms with Gasteiger partial charge in [-0.3, -0.25) is 14.5 Å². The van der Waals surface area contributed by atoms with E-state index >= 15 is 0 Å². The number of carbonyl (C=O) groups excluding carboxylic acids is 2. The van der Waals surface area contributed by atoms with E-state index < -0.39 is 17.1 Å². The first-order valence-electron chi connectivity index (χ1n) is 11.0. The molecule has 6 rings (SSSR count). The molecule has 2 aliphatic heterocycles. The first-order chi connectivity index (χ1) is 14.0. The summed E-state index contributed by atoms with van der Waals surface area (Å²) in [5.41, 5.74) is 0.614. The highest BCUT2D eigenvalue weighted by atomic mass is 16.6. The summed E-state index contributed by atoms with van der Waals surface area (Å²) in [6, 6.07) is 3.70. The average molecular weight is 397 g/mol. The SMILES string of the molecule is CCC(=O)OC12CCC(=O)[C@@H]3Oc4c(O)ccc5c4[C@@]31CCN(CC1CC1)C2C5. The molecule has 1 aromatic carbocycles. The van der Waals surface area contributed by atoms with Gasteiger partial charge in [-0.15, -0.1) is 0 Å². The minimum atomic E-state index is -0.766. The van der Waals surface area contributed by atoms with Crippen LogP contribution in [-0.2, 0) is 26.2 Å². The van der Waals surface area contributed by atoms with E-state index in [1.165, 1.54) is 12.8 Å². The number of aromatic hydroxyl groups is 1. The van der Waals surface area contributed by atoms with Gasteiger partial charge in [0, 0.05) is 24.9 Å². The Kier molecular flexibility index (Phi) is 3.52. The second-order valence-electron chi connectivity index (χ2n) is 9.51. The second-order valence-corrected chi connectivity index (χ2v) is 9.51. The molecule has 2 saturated carbocycles. The van der Waals surface area contributed by atoms with Gasteiger partial charge in [0.05, 0.1) is 11.5 Å². The Hall–Kier alpha value is -2.08. The Morgan fingerprint density at radius 3 is 2.93 bits per heavy atom. The Morgan fingerprint density at radius 2 is 2.17 bits per heavy atom. The fourth-order valence-electron chi connectivity index (χ4n) is 6.72. The summed E-state index contributed by atoms with van der Waals surface area (Å²) in [5.74, 6) is 1.10. The van der Waals surface area contributed by atoms with Crippen LogP contribution < -0.4 is 4.74 Å². The van der Waals surface area contributed by atoms with Gasteiger partial charge in [0.2, 0.25) is 0 Å². The van der Waals surface area contributed by atoms with E-state index in [-0.39, 0.29) is 23.5 Å². The van der Waals surface area contributed by atoms with Crippen molar-refractivity contribution in [1.29, 1.82) is 0 Å². The lowest BCUT2D eigenvalue weighted by Gasteiger charge is -2.63. The van der Waals surface area contributed by atoms with Crippen LogP contribution in [0.5, 0.6) is 11.5 Å². The Morgan fingerprint density at radius 1 is 1.34 bits per heavy atom. The highest BCUT2D eigenvalue weighted by Gasteiger charge is 2.75. The molecule has 0 amide bonds. The largest absolute Gasteiger partial charge is 0.504 e. The van der Waals surface area contributed by atoms with E-state index in [2.05, 4.69) is 4.90 Å². The molecule has 6 nitrogen and oxygen atoms in total. The van der Waals surface area contributed by atoms with E-state index in [0.717, 1.165) is 36.6 Å². The molecule has 3 aliphatic carbocycles. The topological polar surface area (TPSA) is 76.1 Å². The number of rotatable bonds is 4. The zero-order chi connectivity index (χ0) is 20.0. The maximum absolute atomic E-state index is 13.0. The zero-order valence-corrected chi connectivity index (χ0v) is 16.8. The lowest BCUT2D eigenvalue weighted by atomic mass is 9.48. The van der Waals surface area contributed by atoms with Gasteiger partial charge in [0.25, 0.3) is 0 Å². The van der Waals surface area contributed by atoms with Crippen LogP contribution in [0.2, 0.25) is 0 Å². The van der Waals surface area contributed by atoms with Crippen LogP contribution in [0.15, 0.2) is 12.1 Å². The molecule has 1 aromatic rings. The Bertz CT molecular complexity index is 924. The van der Waals surface area contributed by atoms with Gasteiger partial charge in [0.15, 0.2) is 23.4 Å². The maximum atomic E-state index is 13.0. The van der Waals surface area contributed by atoms with Crippen molar-refractivity contribution < 1.29 is 24.2 Å². The molecule has 4 atom stereocenters. The van der Waals surface area contributed by atoms with Crippen LogP contribution in [0.1, 0.15) is 56.6 Å². The number of nitrogens with zero attached hydrogens (tertiary/aromatic N) is 1. The summed E-state index contributed by atoms with van der Waals surface area (Å²) >= 11 is 0. The maximum Gasteiger partial charge on any atom is 0.306 e. The van der Waals surface area contributed by atoms with Crippen LogP contribution in [-0.4, -0.2) is 52.6 Å². The standard InChI is InChI=1S/C23H27NO5/c1-2-18(27)29-23-8-7-16(26)21-22(23)9-10-24(12-13-3-4-13)17(23)11-14-5-6-15(25)20(28-21)19(14)22/h5-6,13,17,21,25H,2-4,7-12H2,1H3/t17?,21-,22-,23?/m0/s1. The molecule has 2 bridgehead atoms. The lowest BCUT2D eigenvalue weighted by molar-refractivity contribution is -0.215. The molecule has 0 aromatic heterocycles. The van der Waals surface area contributed by atoms with Gasteiger partial charge >= 0.3 is 5.97 Å². The van der Waals surface area contributed by atoms with Crippen molar-refractivity contribution >= 4 is 11.8 Å². The molecule has 2 heterocycles. The van der Waals surface area contributed by atoms with Crippen molar-refractivity contribution in [2.45, 2.75) is 75.0 Å².